The molecule has 4 aromatic rings. The smallest absolute Gasteiger partial charge is 0.181 e. The molecule has 1 aromatic heterocycles. The monoisotopic (exact) mass is 376 g/mol. The summed E-state index contributed by atoms with van der Waals surface area (Å²) in [5, 5.41) is 0.567. The number of fused-ring (bicyclic) bond motifs is 1. The van der Waals surface area contributed by atoms with Gasteiger partial charge in [-0.2, -0.15) is 0 Å². The van der Waals surface area contributed by atoms with Crippen molar-refractivity contribution in [2.24, 2.45) is 0 Å². The molecule has 4 rings (SSSR count). The van der Waals surface area contributed by atoms with Crippen molar-refractivity contribution in [2.75, 3.05) is 5.73 Å². The van der Waals surface area contributed by atoms with Gasteiger partial charge in [0.05, 0.1) is 10.2 Å². The second-order valence-corrected chi connectivity index (χ2v) is 7.51. The number of carbonyl (C=O) groups is 1. The summed E-state index contributed by atoms with van der Waals surface area (Å²) < 4.78 is 14.0. The van der Waals surface area contributed by atoms with Gasteiger partial charge in [0.2, 0.25) is 0 Å². The molecular weight excluding hydrogens is 359 g/mol. The quantitative estimate of drug-likeness (QED) is 0.531. The Morgan fingerprint density at radius 1 is 0.889 bits per heavy atom. The van der Waals surface area contributed by atoms with Crippen LogP contribution in [0.2, 0.25) is 0 Å². The average Bonchev–Trinajstić information content (AvgIpc) is 3.03. The molecule has 2 N–H and O–H groups in total. The van der Waals surface area contributed by atoms with E-state index in [2.05, 4.69) is 11.1 Å². The summed E-state index contributed by atoms with van der Waals surface area (Å²) >= 11 is 1.47. The highest BCUT2D eigenvalue weighted by atomic mass is 32.1. The van der Waals surface area contributed by atoms with E-state index in [1.54, 1.807) is 12.1 Å². The minimum Gasteiger partial charge on any atom is -0.375 e. The predicted octanol–water partition coefficient (Wildman–Crippen LogP) is 5.04. The van der Waals surface area contributed by atoms with Crippen LogP contribution in [0.1, 0.15) is 11.1 Å². The number of aromatic nitrogens is 1. The zero-order chi connectivity index (χ0) is 18.8. The Hall–Kier alpha value is -3.05. The number of thiazole rings is 1. The van der Waals surface area contributed by atoms with Crippen molar-refractivity contribution < 1.29 is 9.18 Å². The molecule has 0 amide bonds. The Balaban J connectivity index is 1.46. The molecule has 0 atom stereocenters. The number of Topliss-reactive ketones (excluding diaryl/α,β-unsaturated/α-hetero) is 1. The second kappa shape index (κ2) is 7.29. The van der Waals surface area contributed by atoms with E-state index in [4.69, 9.17) is 5.73 Å². The van der Waals surface area contributed by atoms with Crippen LogP contribution in [-0.4, -0.2) is 10.8 Å². The average molecular weight is 376 g/mol. The Bertz CT molecular complexity index is 1100. The Morgan fingerprint density at radius 3 is 2.15 bits per heavy atom. The molecule has 0 aliphatic carbocycles. The van der Waals surface area contributed by atoms with Crippen LogP contribution < -0.4 is 5.73 Å². The summed E-state index contributed by atoms with van der Waals surface area (Å²) in [6.45, 7) is 0. The highest BCUT2D eigenvalue weighted by Crippen LogP contribution is 2.29. The van der Waals surface area contributed by atoms with Gasteiger partial charge in [-0.15, -0.1) is 0 Å². The molecule has 0 aliphatic heterocycles. The highest BCUT2D eigenvalue weighted by Gasteiger charge is 2.07. The van der Waals surface area contributed by atoms with E-state index in [0.717, 1.165) is 32.5 Å². The fourth-order valence-corrected chi connectivity index (χ4v) is 3.83. The van der Waals surface area contributed by atoms with Gasteiger partial charge < -0.3 is 5.73 Å². The van der Waals surface area contributed by atoms with Crippen molar-refractivity contribution in [1.82, 2.24) is 4.98 Å². The van der Waals surface area contributed by atoms with Crippen molar-refractivity contribution in [1.29, 1.82) is 0 Å². The van der Waals surface area contributed by atoms with Crippen LogP contribution in [0.4, 0.5) is 9.52 Å². The first-order chi connectivity index (χ1) is 13.1. The number of nitrogen functional groups attached to an aromatic ring is 1. The summed E-state index contributed by atoms with van der Waals surface area (Å²) in [6.07, 6.45) is 0.674. The maximum Gasteiger partial charge on any atom is 0.181 e. The number of ketones is 1. The lowest BCUT2D eigenvalue weighted by molar-refractivity contribution is -0.117. The van der Waals surface area contributed by atoms with Gasteiger partial charge in [0.1, 0.15) is 11.6 Å². The third-order valence-electron chi connectivity index (χ3n) is 4.41. The van der Waals surface area contributed by atoms with Gasteiger partial charge in [-0.1, -0.05) is 53.8 Å². The van der Waals surface area contributed by atoms with Gasteiger partial charge in [-0.05, 0) is 46.5 Å². The molecule has 134 valence electrons. The van der Waals surface area contributed by atoms with Gasteiger partial charge >= 0.3 is 0 Å². The van der Waals surface area contributed by atoms with Crippen LogP contribution in [0, 0.1) is 5.82 Å². The summed E-state index contributed by atoms with van der Waals surface area (Å²) in [5.74, 6) is -0.183. The predicted molar refractivity (Wildman–Crippen MR) is 108 cm³/mol. The minimum atomic E-state index is -0.291. The summed E-state index contributed by atoms with van der Waals surface area (Å²) in [4.78, 5) is 16.5. The van der Waals surface area contributed by atoms with Crippen LogP contribution in [0.25, 0.3) is 21.3 Å². The number of carbonyl (C=O) groups excluding carboxylic acids is 1. The molecule has 3 aromatic carbocycles. The molecule has 1 heterocycles. The number of anilines is 1. The van der Waals surface area contributed by atoms with E-state index < -0.39 is 0 Å². The molecule has 27 heavy (non-hydrogen) atoms. The van der Waals surface area contributed by atoms with Crippen LogP contribution in [0.3, 0.4) is 0 Å². The van der Waals surface area contributed by atoms with E-state index in [0.29, 0.717) is 18.0 Å². The summed E-state index contributed by atoms with van der Waals surface area (Å²) in [6, 6.07) is 20.1. The first-order valence-electron chi connectivity index (χ1n) is 8.58. The Kier molecular flexibility index (Phi) is 4.69. The lowest BCUT2D eigenvalue weighted by Gasteiger charge is -2.05. The van der Waals surface area contributed by atoms with Gasteiger partial charge in [0.15, 0.2) is 5.13 Å². The molecule has 0 saturated heterocycles. The standard InChI is InChI=1S/C22H17FN2OS/c23-18-8-3-15(4-9-18)12-19(26)11-14-1-5-16(6-2-14)17-7-10-20-21(13-17)27-22(24)25-20/h1-10,13H,11-12H2,(H2,24,25). The van der Waals surface area contributed by atoms with E-state index in [-0.39, 0.29) is 11.6 Å². The number of hydrogen-bond acceptors (Lipinski definition) is 4. The zero-order valence-corrected chi connectivity index (χ0v) is 15.3. The first-order valence-corrected chi connectivity index (χ1v) is 9.40. The van der Waals surface area contributed by atoms with Crippen molar-refractivity contribution in [3.63, 3.8) is 0 Å². The molecule has 5 heteroatoms. The number of halogens is 1. The summed E-state index contributed by atoms with van der Waals surface area (Å²) in [7, 11) is 0. The van der Waals surface area contributed by atoms with Gasteiger partial charge in [0, 0.05) is 12.8 Å². The molecule has 3 nitrogen and oxygen atoms in total. The lowest BCUT2D eigenvalue weighted by atomic mass is 9.99. The van der Waals surface area contributed by atoms with E-state index in [1.807, 2.05) is 36.4 Å². The van der Waals surface area contributed by atoms with E-state index in [9.17, 15) is 9.18 Å². The first kappa shape index (κ1) is 17.4. The van der Waals surface area contributed by atoms with Crippen LogP contribution in [0.15, 0.2) is 66.7 Å². The molecule has 0 fully saturated rings. The minimum absolute atomic E-state index is 0.107. The normalized spacial score (nSPS) is 11.0. The number of benzene rings is 3. The van der Waals surface area contributed by atoms with Gasteiger partial charge in [-0.25, -0.2) is 9.37 Å². The van der Waals surface area contributed by atoms with Crippen molar-refractivity contribution >= 4 is 32.5 Å². The van der Waals surface area contributed by atoms with Crippen molar-refractivity contribution in [3.8, 4) is 11.1 Å². The van der Waals surface area contributed by atoms with E-state index >= 15 is 0 Å². The zero-order valence-electron chi connectivity index (χ0n) is 14.5. The van der Waals surface area contributed by atoms with Gasteiger partial charge in [0.25, 0.3) is 0 Å². The molecule has 0 radical (unpaired) electrons. The molecular formula is C22H17FN2OS. The van der Waals surface area contributed by atoms with Crippen LogP contribution >= 0.6 is 11.3 Å². The van der Waals surface area contributed by atoms with Crippen LogP contribution in [0.5, 0.6) is 0 Å². The topological polar surface area (TPSA) is 56.0 Å². The maximum atomic E-state index is 12.9. The number of nitrogens with two attached hydrogens (primary N) is 1. The molecule has 0 unspecified atom stereocenters. The number of rotatable bonds is 5. The molecule has 0 aliphatic rings. The molecule has 0 bridgehead atoms. The number of hydrogen-bond donors (Lipinski definition) is 1. The second-order valence-electron chi connectivity index (χ2n) is 6.45. The molecule has 0 saturated carbocycles. The SMILES string of the molecule is Nc1nc2ccc(-c3ccc(CC(=O)Cc4ccc(F)cc4)cc3)cc2s1. The third kappa shape index (κ3) is 4.04. The third-order valence-corrected chi connectivity index (χ3v) is 5.26. The fourth-order valence-electron chi connectivity index (χ4n) is 3.06. The van der Waals surface area contributed by atoms with Crippen molar-refractivity contribution in [3.05, 3.63) is 83.7 Å². The van der Waals surface area contributed by atoms with Crippen molar-refractivity contribution in [2.45, 2.75) is 12.8 Å². The Labute approximate surface area is 160 Å². The lowest BCUT2D eigenvalue weighted by Crippen LogP contribution is -2.06. The summed E-state index contributed by atoms with van der Waals surface area (Å²) in [5.41, 5.74) is 10.6. The van der Waals surface area contributed by atoms with Gasteiger partial charge in [-0.3, -0.25) is 4.79 Å². The van der Waals surface area contributed by atoms with Crippen LogP contribution in [-0.2, 0) is 17.6 Å². The maximum absolute atomic E-state index is 12.9. The molecule has 0 spiro atoms. The Morgan fingerprint density at radius 2 is 1.48 bits per heavy atom. The van der Waals surface area contributed by atoms with E-state index in [1.165, 1.54) is 23.5 Å². The number of nitrogens with zero attached hydrogens (tertiary/aromatic N) is 1. The fraction of sp³-hybridized carbons (Fsp3) is 0.0909. The largest absolute Gasteiger partial charge is 0.375 e. The highest BCUT2D eigenvalue weighted by molar-refractivity contribution is 7.22.